The Morgan fingerprint density at radius 2 is 1.79 bits per heavy atom. The molecule has 1 aromatic rings. The maximum atomic E-state index is 13.0. The number of nitrogens with one attached hydrogen (secondary N) is 1. The predicted octanol–water partition coefficient (Wildman–Crippen LogP) is 4.15. The van der Waals surface area contributed by atoms with Gasteiger partial charge in [-0.05, 0) is 39.5 Å². The van der Waals surface area contributed by atoms with Crippen LogP contribution in [0.1, 0.15) is 50.9 Å². The van der Waals surface area contributed by atoms with Gasteiger partial charge in [-0.3, -0.25) is 14.5 Å². The summed E-state index contributed by atoms with van der Waals surface area (Å²) in [5.41, 5.74) is -3.49. The largest absolute Gasteiger partial charge is 0.421 e. The van der Waals surface area contributed by atoms with Crippen molar-refractivity contribution in [1.29, 1.82) is 0 Å². The third kappa shape index (κ3) is 8.43. The van der Waals surface area contributed by atoms with E-state index in [2.05, 4.69) is 10.1 Å². The third-order valence-electron chi connectivity index (χ3n) is 6.21. The van der Waals surface area contributed by atoms with E-state index in [1.807, 2.05) is 16.9 Å². The first kappa shape index (κ1) is 31.1. The topological polar surface area (TPSA) is 84.9 Å². The molecule has 1 atom stereocenters. The molecule has 2 rings (SSSR count). The van der Waals surface area contributed by atoms with E-state index >= 15 is 0 Å². The van der Waals surface area contributed by atoms with Gasteiger partial charge < -0.3 is 9.80 Å². The fourth-order valence-electron chi connectivity index (χ4n) is 3.77. The monoisotopic (exact) mass is 550 g/mol. The second kappa shape index (κ2) is 13.1. The van der Waals surface area contributed by atoms with Crippen molar-refractivity contribution in [2.75, 3.05) is 39.8 Å². The molecule has 0 saturated carbocycles. The van der Waals surface area contributed by atoms with Crippen molar-refractivity contribution in [3.05, 3.63) is 51.2 Å². The van der Waals surface area contributed by atoms with Crippen LogP contribution in [0.25, 0.3) is 0 Å². The molecule has 2 heterocycles. The number of aromatic nitrogens is 2. The number of hydrogen-bond donors (Lipinski definition) is 1. The lowest BCUT2D eigenvalue weighted by Gasteiger charge is -2.36. The number of H-pyrrole nitrogens is 1. The zero-order valence-electron chi connectivity index (χ0n) is 21.7. The summed E-state index contributed by atoms with van der Waals surface area (Å²) in [4.78, 5) is 33.4. The lowest BCUT2D eigenvalue weighted by Crippen LogP contribution is -2.48. The molecule has 1 aromatic heterocycles. The van der Waals surface area contributed by atoms with Gasteiger partial charge >= 0.3 is 12.4 Å². The highest BCUT2D eigenvalue weighted by Gasteiger charge is 2.35. The van der Waals surface area contributed by atoms with Gasteiger partial charge in [0.2, 0.25) is 5.91 Å². The van der Waals surface area contributed by atoms with Crippen molar-refractivity contribution in [2.45, 2.75) is 52.0 Å². The molecule has 0 aromatic carbocycles. The normalized spacial score (nSPS) is 17.0. The van der Waals surface area contributed by atoms with Crippen molar-refractivity contribution in [1.82, 2.24) is 24.9 Å². The van der Waals surface area contributed by atoms with Gasteiger partial charge in [0.1, 0.15) is 11.4 Å². The smallest absolute Gasteiger partial charge is 0.353 e. The SMILES string of the molecule is C\C=C(/C=N\C(=C\CC)N1CCN(C(=O)CCN(C)C(C)c2cc(C(F)(F)F)c(=O)[nH]n2)CC1)C(F)(F)F. The van der Waals surface area contributed by atoms with Crippen LogP contribution in [0.5, 0.6) is 0 Å². The molecule has 8 nitrogen and oxygen atoms in total. The Kier molecular flexibility index (Phi) is 10.7. The Hall–Kier alpha value is -3.16. The van der Waals surface area contributed by atoms with Crippen molar-refractivity contribution in [2.24, 2.45) is 4.99 Å². The highest BCUT2D eigenvalue weighted by atomic mass is 19.4. The number of hydrogen-bond acceptors (Lipinski definition) is 6. The van der Waals surface area contributed by atoms with Crippen molar-refractivity contribution in [3.63, 3.8) is 0 Å². The Balaban J connectivity index is 1.94. The van der Waals surface area contributed by atoms with Crippen LogP contribution in [0.4, 0.5) is 26.3 Å². The van der Waals surface area contributed by atoms with E-state index in [0.717, 1.165) is 12.3 Å². The number of aromatic amines is 1. The maximum absolute atomic E-state index is 13.0. The van der Waals surface area contributed by atoms with E-state index in [-0.39, 0.29) is 24.6 Å². The van der Waals surface area contributed by atoms with Crippen LogP contribution in [0.2, 0.25) is 0 Å². The molecule has 1 fully saturated rings. The summed E-state index contributed by atoms with van der Waals surface area (Å²) in [6.07, 6.45) is -5.17. The van der Waals surface area contributed by atoms with Crippen LogP contribution in [0.15, 0.2) is 39.4 Å². The van der Waals surface area contributed by atoms with Crippen LogP contribution in [-0.2, 0) is 11.0 Å². The molecule has 1 amide bonds. The number of piperazine rings is 1. The summed E-state index contributed by atoms with van der Waals surface area (Å²) >= 11 is 0. The zero-order chi connectivity index (χ0) is 28.7. The van der Waals surface area contributed by atoms with Crippen molar-refractivity contribution in [3.8, 4) is 0 Å². The molecular weight excluding hydrogens is 518 g/mol. The van der Waals surface area contributed by atoms with Crippen LogP contribution in [-0.4, -0.2) is 83.0 Å². The number of halogens is 6. The van der Waals surface area contributed by atoms with E-state index in [0.29, 0.717) is 44.5 Å². The minimum atomic E-state index is -4.81. The van der Waals surface area contributed by atoms with E-state index in [9.17, 15) is 35.9 Å². The Morgan fingerprint density at radius 3 is 2.32 bits per heavy atom. The van der Waals surface area contributed by atoms with Crippen LogP contribution in [0.3, 0.4) is 0 Å². The molecule has 0 spiro atoms. The summed E-state index contributed by atoms with van der Waals surface area (Å²) in [6.45, 7) is 6.46. The first-order valence-corrected chi connectivity index (χ1v) is 12.1. The van der Waals surface area contributed by atoms with E-state index in [4.69, 9.17) is 0 Å². The lowest BCUT2D eigenvalue weighted by molar-refractivity contribution is -0.139. The lowest BCUT2D eigenvalue weighted by atomic mass is 10.1. The number of nitrogens with zero attached hydrogens (tertiary/aromatic N) is 5. The average Bonchev–Trinajstić information content (AvgIpc) is 2.85. The minimum absolute atomic E-state index is 0.0166. The number of alkyl halides is 6. The van der Waals surface area contributed by atoms with Crippen molar-refractivity contribution >= 4 is 12.1 Å². The molecule has 0 bridgehead atoms. The predicted molar refractivity (Wildman–Crippen MR) is 130 cm³/mol. The Morgan fingerprint density at radius 1 is 1.18 bits per heavy atom. The quantitative estimate of drug-likeness (QED) is 0.369. The van der Waals surface area contributed by atoms with Gasteiger partial charge in [0, 0.05) is 45.4 Å². The fourth-order valence-corrected chi connectivity index (χ4v) is 3.77. The first-order chi connectivity index (χ1) is 17.7. The number of carbonyl (C=O) groups excluding carboxylic acids is 1. The number of aliphatic imine (C=N–C) groups is 1. The van der Waals surface area contributed by atoms with Gasteiger partial charge in [-0.2, -0.15) is 31.4 Å². The molecule has 38 heavy (non-hydrogen) atoms. The Labute approximate surface area is 216 Å². The van der Waals surface area contributed by atoms with Crippen molar-refractivity contribution < 1.29 is 31.1 Å². The number of carbonyl (C=O) groups is 1. The van der Waals surface area contributed by atoms with Gasteiger partial charge in [0.25, 0.3) is 5.56 Å². The summed E-state index contributed by atoms with van der Waals surface area (Å²) in [7, 11) is 1.63. The molecule has 1 unspecified atom stereocenters. The van der Waals surface area contributed by atoms with E-state index < -0.39 is 35.1 Å². The first-order valence-electron chi connectivity index (χ1n) is 12.1. The Bertz CT molecular complexity index is 1100. The molecule has 0 radical (unpaired) electrons. The number of amides is 1. The second-order valence-electron chi connectivity index (χ2n) is 8.78. The molecule has 0 aliphatic carbocycles. The van der Waals surface area contributed by atoms with Crippen LogP contribution in [0, 0.1) is 0 Å². The molecule has 1 N–H and O–H groups in total. The maximum Gasteiger partial charge on any atom is 0.421 e. The molecule has 1 aliphatic rings. The highest BCUT2D eigenvalue weighted by Crippen LogP contribution is 2.28. The zero-order valence-corrected chi connectivity index (χ0v) is 21.7. The van der Waals surface area contributed by atoms with Gasteiger partial charge in [0.15, 0.2) is 0 Å². The van der Waals surface area contributed by atoms with Gasteiger partial charge in [-0.25, -0.2) is 10.1 Å². The second-order valence-corrected chi connectivity index (χ2v) is 8.78. The number of allylic oxidation sites excluding steroid dienone is 3. The highest BCUT2D eigenvalue weighted by molar-refractivity contribution is 5.81. The standard InChI is InChI=1S/C24H32F6N6O2/c1-5-7-20(31-15-17(6-2)23(25,26)27)35-10-12-36(13-11-35)21(37)8-9-34(4)16(3)19-14-18(24(28,29)30)22(38)33-32-19/h6-7,14-16H,5,8-13H2,1-4H3,(H,33,38)/b17-6+,20-7-,31-15-. The summed E-state index contributed by atoms with van der Waals surface area (Å²) < 4.78 is 78.1. The average molecular weight is 551 g/mol. The molecule has 212 valence electrons. The third-order valence-corrected chi connectivity index (χ3v) is 6.21. The van der Waals surface area contributed by atoms with Crippen LogP contribution >= 0.6 is 0 Å². The van der Waals surface area contributed by atoms with E-state index in [1.165, 1.54) is 6.92 Å². The van der Waals surface area contributed by atoms with Gasteiger partial charge in [0.05, 0.1) is 17.3 Å². The summed E-state index contributed by atoms with van der Waals surface area (Å²) in [5, 5.41) is 5.58. The summed E-state index contributed by atoms with van der Waals surface area (Å²) in [6, 6.07) is 0.106. The van der Waals surface area contributed by atoms with Gasteiger partial charge in [-0.15, -0.1) is 0 Å². The fraction of sp³-hybridized carbons (Fsp3) is 0.583. The number of rotatable bonds is 9. The van der Waals surface area contributed by atoms with Gasteiger partial charge in [-0.1, -0.05) is 13.0 Å². The van der Waals surface area contributed by atoms with Crippen LogP contribution < -0.4 is 5.56 Å². The van der Waals surface area contributed by atoms with E-state index in [1.54, 1.807) is 29.8 Å². The summed E-state index contributed by atoms with van der Waals surface area (Å²) in [5.74, 6) is 0.246. The molecule has 14 heteroatoms. The molecular formula is C24H32F6N6O2. The molecule has 1 aliphatic heterocycles. The molecule has 1 saturated heterocycles. The minimum Gasteiger partial charge on any atom is -0.353 e.